The van der Waals surface area contributed by atoms with Crippen molar-refractivity contribution in [2.24, 2.45) is 0 Å². The van der Waals surface area contributed by atoms with Crippen LogP contribution in [0.4, 0.5) is 0 Å². The fourth-order valence-corrected chi connectivity index (χ4v) is 2.05. The van der Waals surface area contributed by atoms with Gasteiger partial charge in [0.15, 0.2) is 0 Å². The summed E-state index contributed by atoms with van der Waals surface area (Å²) in [6, 6.07) is 16.5. The van der Waals surface area contributed by atoms with Gasteiger partial charge in [-0.3, -0.25) is 0 Å². The van der Waals surface area contributed by atoms with Crippen LogP contribution in [0.5, 0.6) is 5.75 Å². The van der Waals surface area contributed by atoms with Gasteiger partial charge in [0.1, 0.15) is 5.75 Å². The first-order valence-corrected chi connectivity index (χ1v) is 6.74. The largest absolute Gasteiger partial charge is 0.508 e. The lowest BCUT2D eigenvalue weighted by Gasteiger charge is -2.10. The third kappa shape index (κ3) is 3.83. The molecule has 0 bridgehead atoms. The van der Waals surface area contributed by atoms with Gasteiger partial charge in [-0.05, 0) is 55.6 Å². The normalized spacial score (nSPS) is 12.3. The molecule has 0 radical (unpaired) electrons. The molecule has 100 valence electrons. The van der Waals surface area contributed by atoms with Gasteiger partial charge < -0.3 is 10.4 Å². The van der Waals surface area contributed by atoms with Gasteiger partial charge in [-0.15, -0.1) is 0 Å². The number of hydrogen-bond acceptors (Lipinski definition) is 2. The molecule has 1 unspecified atom stereocenters. The van der Waals surface area contributed by atoms with Gasteiger partial charge in [0.2, 0.25) is 0 Å². The Morgan fingerprint density at radius 3 is 2.00 bits per heavy atom. The molecule has 0 aliphatic rings. The molecule has 0 saturated heterocycles. The van der Waals surface area contributed by atoms with E-state index in [4.69, 9.17) is 0 Å². The Hall–Kier alpha value is -1.80. The molecule has 1 atom stereocenters. The van der Waals surface area contributed by atoms with Gasteiger partial charge >= 0.3 is 0 Å². The second kappa shape index (κ2) is 6.39. The van der Waals surface area contributed by atoms with Crippen LogP contribution < -0.4 is 5.32 Å². The van der Waals surface area contributed by atoms with Gasteiger partial charge in [0.25, 0.3) is 0 Å². The van der Waals surface area contributed by atoms with Gasteiger partial charge in [-0.25, -0.2) is 0 Å². The highest BCUT2D eigenvalue weighted by Gasteiger charge is 2.01. The third-order valence-electron chi connectivity index (χ3n) is 3.51. The molecule has 2 heteroatoms. The Morgan fingerprint density at radius 1 is 0.947 bits per heavy atom. The van der Waals surface area contributed by atoms with Crippen molar-refractivity contribution in [3.63, 3.8) is 0 Å². The Morgan fingerprint density at radius 2 is 1.47 bits per heavy atom. The second-order valence-electron chi connectivity index (χ2n) is 4.97. The summed E-state index contributed by atoms with van der Waals surface area (Å²) in [5, 5.41) is 12.5. The van der Waals surface area contributed by atoms with Crippen LogP contribution in [-0.2, 0) is 6.42 Å². The Kier molecular flexibility index (Phi) is 4.58. The molecule has 0 aliphatic heterocycles. The van der Waals surface area contributed by atoms with E-state index in [1.165, 1.54) is 11.1 Å². The highest BCUT2D eigenvalue weighted by molar-refractivity contribution is 5.64. The lowest BCUT2D eigenvalue weighted by Crippen LogP contribution is -2.21. The first kappa shape index (κ1) is 13.6. The zero-order chi connectivity index (χ0) is 13.7. The summed E-state index contributed by atoms with van der Waals surface area (Å²) in [7, 11) is 2.00. The first-order chi connectivity index (χ1) is 9.19. The van der Waals surface area contributed by atoms with Gasteiger partial charge in [0, 0.05) is 6.04 Å². The number of aromatic hydroxyl groups is 1. The molecule has 2 N–H and O–H groups in total. The predicted molar refractivity (Wildman–Crippen MR) is 80.4 cm³/mol. The molecular weight excluding hydrogens is 234 g/mol. The topological polar surface area (TPSA) is 32.3 Å². The highest BCUT2D eigenvalue weighted by Crippen LogP contribution is 2.22. The van der Waals surface area contributed by atoms with Gasteiger partial charge in [0.05, 0.1) is 0 Å². The molecule has 19 heavy (non-hydrogen) atoms. The van der Waals surface area contributed by atoms with Crippen molar-refractivity contribution < 1.29 is 5.11 Å². The number of phenols is 1. The van der Waals surface area contributed by atoms with Crippen LogP contribution in [-0.4, -0.2) is 18.2 Å². The minimum atomic E-state index is 0.307. The molecule has 0 saturated carbocycles. The van der Waals surface area contributed by atoms with Crippen LogP contribution in [0.1, 0.15) is 18.9 Å². The summed E-state index contributed by atoms with van der Waals surface area (Å²) in [5.74, 6) is 0.307. The Bertz CT molecular complexity index is 502. The van der Waals surface area contributed by atoms with E-state index in [0.29, 0.717) is 11.8 Å². The number of rotatable bonds is 5. The van der Waals surface area contributed by atoms with Crippen LogP contribution in [0.15, 0.2) is 48.5 Å². The maximum absolute atomic E-state index is 9.29. The highest BCUT2D eigenvalue weighted by atomic mass is 16.3. The maximum atomic E-state index is 9.29. The second-order valence-corrected chi connectivity index (χ2v) is 4.97. The fourth-order valence-electron chi connectivity index (χ4n) is 2.05. The summed E-state index contributed by atoms with van der Waals surface area (Å²) in [6.07, 6.45) is 2.24. The van der Waals surface area contributed by atoms with E-state index in [-0.39, 0.29) is 0 Å². The molecule has 0 spiro atoms. The lowest BCUT2D eigenvalue weighted by atomic mass is 10.0. The summed E-state index contributed by atoms with van der Waals surface area (Å²) in [6.45, 7) is 2.20. The van der Waals surface area contributed by atoms with Gasteiger partial charge in [-0.2, -0.15) is 0 Å². The average molecular weight is 255 g/mol. The molecule has 0 heterocycles. The molecule has 2 rings (SSSR count). The third-order valence-corrected chi connectivity index (χ3v) is 3.51. The number of hydrogen-bond donors (Lipinski definition) is 2. The van der Waals surface area contributed by atoms with E-state index in [0.717, 1.165) is 18.4 Å². The smallest absolute Gasteiger partial charge is 0.115 e. The molecule has 0 fully saturated rings. The summed E-state index contributed by atoms with van der Waals surface area (Å²) in [4.78, 5) is 0. The lowest BCUT2D eigenvalue weighted by molar-refractivity contribution is 0.475. The zero-order valence-electron chi connectivity index (χ0n) is 11.6. The average Bonchev–Trinajstić information content (AvgIpc) is 2.46. The van der Waals surface area contributed by atoms with E-state index >= 15 is 0 Å². The fraction of sp³-hybridized carbons (Fsp3) is 0.294. The quantitative estimate of drug-likeness (QED) is 0.855. The SMILES string of the molecule is CNC(C)CCc1ccc(-c2ccc(O)cc2)cc1. The minimum absolute atomic E-state index is 0.307. The maximum Gasteiger partial charge on any atom is 0.115 e. The van der Waals surface area contributed by atoms with Crippen molar-refractivity contribution >= 4 is 0 Å². The van der Waals surface area contributed by atoms with Crippen molar-refractivity contribution in [3.05, 3.63) is 54.1 Å². The molecule has 0 aromatic heterocycles. The van der Waals surface area contributed by atoms with Crippen LogP contribution in [0, 0.1) is 0 Å². The number of aryl methyl sites for hydroxylation is 1. The van der Waals surface area contributed by atoms with E-state index in [1.54, 1.807) is 12.1 Å². The van der Waals surface area contributed by atoms with Crippen molar-refractivity contribution in [2.45, 2.75) is 25.8 Å². The first-order valence-electron chi connectivity index (χ1n) is 6.74. The van der Waals surface area contributed by atoms with E-state index in [9.17, 15) is 5.11 Å². The molecule has 0 aliphatic carbocycles. The molecular formula is C17H21NO. The van der Waals surface area contributed by atoms with E-state index < -0.39 is 0 Å². The zero-order valence-corrected chi connectivity index (χ0v) is 11.6. The molecule has 2 nitrogen and oxygen atoms in total. The van der Waals surface area contributed by atoms with Crippen molar-refractivity contribution in [1.29, 1.82) is 0 Å². The molecule has 2 aromatic rings. The molecule has 0 amide bonds. The Balaban J connectivity index is 2.04. The number of phenolic OH excluding ortho intramolecular Hbond substituents is 1. The van der Waals surface area contributed by atoms with Gasteiger partial charge in [-0.1, -0.05) is 36.4 Å². The summed E-state index contributed by atoms with van der Waals surface area (Å²) < 4.78 is 0. The standard InChI is InChI=1S/C17H21NO/c1-13(18-2)3-4-14-5-7-15(8-6-14)16-9-11-17(19)12-10-16/h5-13,18-19H,3-4H2,1-2H3. The summed E-state index contributed by atoms with van der Waals surface area (Å²) in [5.41, 5.74) is 3.68. The Labute approximate surface area is 115 Å². The van der Waals surface area contributed by atoms with E-state index in [2.05, 4.69) is 36.5 Å². The van der Waals surface area contributed by atoms with E-state index in [1.807, 2.05) is 19.2 Å². The monoisotopic (exact) mass is 255 g/mol. The number of benzene rings is 2. The van der Waals surface area contributed by atoms with Crippen molar-refractivity contribution in [1.82, 2.24) is 5.32 Å². The van der Waals surface area contributed by atoms with Crippen LogP contribution in [0.25, 0.3) is 11.1 Å². The van der Waals surface area contributed by atoms with Crippen LogP contribution in [0.3, 0.4) is 0 Å². The number of nitrogens with one attached hydrogen (secondary N) is 1. The summed E-state index contributed by atoms with van der Waals surface area (Å²) >= 11 is 0. The van der Waals surface area contributed by atoms with Crippen LogP contribution >= 0.6 is 0 Å². The predicted octanol–water partition coefficient (Wildman–Crippen LogP) is 3.60. The van der Waals surface area contributed by atoms with Crippen molar-refractivity contribution in [2.75, 3.05) is 7.05 Å². The minimum Gasteiger partial charge on any atom is -0.508 e. The van der Waals surface area contributed by atoms with Crippen molar-refractivity contribution in [3.8, 4) is 16.9 Å². The van der Waals surface area contributed by atoms with Crippen LogP contribution in [0.2, 0.25) is 0 Å². The molecule has 2 aromatic carbocycles.